The minimum atomic E-state index is -1.52. The van der Waals surface area contributed by atoms with Crippen molar-refractivity contribution in [3.05, 3.63) is 46.6 Å². The van der Waals surface area contributed by atoms with Crippen LogP contribution in [0.3, 0.4) is 0 Å². The molecule has 0 unspecified atom stereocenters. The van der Waals surface area contributed by atoms with Gasteiger partial charge in [0.25, 0.3) is 0 Å². The highest BCUT2D eigenvalue weighted by molar-refractivity contribution is 5.69. The molecule has 2 saturated heterocycles. The van der Waals surface area contributed by atoms with Crippen LogP contribution in [0.2, 0.25) is 0 Å². The standard InChI is InChI=1S/C26H35N3O10/c1-29-15-7-13(27-25-23(36)21(34)19(32)17(9-30)38-25)4-2-11(15)6-12-3-5-14(8-16(12)29)28-26-24(37)22(35)20(33)18(10-31)39-26/h2,4,6-8,17-26,28,30-37H,3,5,9-10H2,1H3/t17-,18-,19+,20+,21+,22+,23-,24-,25-,26-/m1/s1. The van der Waals surface area contributed by atoms with Gasteiger partial charge < -0.3 is 60.2 Å². The van der Waals surface area contributed by atoms with Gasteiger partial charge in [-0.2, -0.15) is 0 Å². The fourth-order valence-electron chi connectivity index (χ4n) is 5.38. The number of nitrogens with one attached hydrogen (secondary N) is 1. The van der Waals surface area contributed by atoms with Crippen LogP contribution in [0.4, 0.5) is 0 Å². The van der Waals surface area contributed by atoms with Gasteiger partial charge in [-0.1, -0.05) is 6.07 Å². The van der Waals surface area contributed by atoms with E-state index in [4.69, 9.17) is 9.47 Å². The van der Waals surface area contributed by atoms with Gasteiger partial charge in [0, 0.05) is 18.4 Å². The molecule has 2 aliphatic carbocycles. The zero-order valence-electron chi connectivity index (χ0n) is 21.3. The van der Waals surface area contributed by atoms with Gasteiger partial charge in [-0.25, -0.2) is 0 Å². The van der Waals surface area contributed by atoms with Crippen molar-refractivity contribution >= 4 is 6.08 Å². The Labute approximate surface area is 223 Å². The number of benzene rings is 1. The number of hydrogen-bond acceptors (Lipinski definition) is 12. The summed E-state index contributed by atoms with van der Waals surface area (Å²) in [5.41, 5.74) is 4.46. The molecule has 0 aromatic rings. The van der Waals surface area contributed by atoms with Crippen LogP contribution >= 0.6 is 0 Å². The number of aryl methyl sites for hydroxylation is 1. The molecule has 10 atom stereocenters. The summed E-state index contributed by atoms with van der Waals surface area (Å²) in [6, 6.07) is 7.48. The van der Waals surface area contributed by atoms with E-state index in [0.29, 0.717) is 18.2 Å². The fourth-order valence-corrected chi connectivity index (χ4v) is 5.38. The number of aromatic nitrogens is 1. The second-order valence-corrected chi connectivity index (χ2v) is 10.3. The molecular weight excluding hydrogens is 514 g/mol. The summed E-state index contributed by atoms with van der Waals surface area (Å²) in [4.78, 5) is 4.41. The smallest absolute Gasteiger partial charge is 0.177 e. The Morgan fingerprint density at radius 2 is 1.51 bits per heavy atom. The molecule has 0 radical (unpaired) electrons. The van der Waals surface area contributed by atoms with E-state index in [-0.39, 0.29) is 0 Å². The summed E-state index contributed by atoms with van der Waals surface area (Å²) in [6.45, 7) is -1.05. The zero-order chi connectivity index (χ0) is 28.0. The molecule has 0 amide bonds. The highest BCUT2D eigenvalue weighted by Crippen LogP contribution is 2.31. The second-order valence-electron chi connectivity index (χ2n) is 10.3. The minimum Gasteiger partial charge on any atom is -0.394 e. The largest absolute Gasteiger partial charge is 0.394 e. The van der Waals surface area contributed by atoms with E-state index in [1.807, 2.05) is 23.8 Å². The summed E-state index contributed by atoms with van der Waals surface area (Å²) in [7, 11) is 1.88. The van der Waals surface area contributed by atoms with E-state index in [2.05, 4.69) is 16.4 Å². The van der Waals surface area contributed by atoms with Crippen molar-refractivity contribution in [2.45, 2.75) is 74.1 Å². The molecule has 0 aromatic carbocycles. The maximum Gasteiger partial charge on any atom is 0.177 e. The monoisotopic (exact) mass is 549 g/mol. The molecule has 3 aliphatic heterocycles. The van der Waals surface area contributed by atoms with Gasteiger partial charge in [0.2, 0.25) is 0 Å². The molecule has 3 heterocycles. The lowest BCUT2D eigenvalue weighted by molar-refractivity contribution is -0.234. The number of aliphatic hydroxyl groups is 8. The number of allylic oxidation sites excluding steroid dienone is 1. The van der Waals surface area contributed by atoms with Crippen molar-refractivity contribution in [2.75, 3.05) is 13.2 Å². The fraction of sp³-hybridized carbons (Fsp3) is 0.577. The van der Waals surface area contributed by atoms with E-state index >= 15 is 0 Å². The third-order valence-corrected chi connectivity index (χ3v) is 7.73. The van der Waals surface area contributed by atoms with Crippen LogP contribution in [0.5, 0.6) is 0 Å². The third kappa shape index (κ3) is 5.23. The molecule has 0 bridgehead atoms. The molecule has 0 spiro atoms. The van der Waals surface area contributed by atoms with Crippen molar-refractivity contribution in [1.82, 2.24) is 9.88 Å². The number of rotatable bonds is 5. The van der Waals surface area contributed by atoms with Gasteiger partial charge >= 0.3 is 0 Å². The molecular formula is C26H35N3O10. The number of aliphatic hydroxyl groups excluding tert-OH is 8. The second kappa shape index (κ2) is 11.2. The molecule has 5 rings (SSSR count). The van der Waals surface area contributed by atoms with Crippen LogP contribution in [-0.2, 0) is 22.9 Å². The Morgan fingerprint density at radius 1 is 0.846 bits per heavy atom. The first kappa shape index (κ1) is 28.1. The lowest BCUT2D eigenvalue weighted by Crippen LogP contribution is -2.62. The summed E-state index contributed by atoms with van der Waals surface area (Å²) in [5.74, 6) is 0. The van der Waals surface area contributed by atoms with Gasteiger partial charge in [0.15, 0.2) is 12.5 Å². The van der Waals surface area contributed by atoms with E-state index in [0.717, 1.165) is 28.2 Å². The topological polar surface area (TPSA) is 210 Å². The van der Waals surface area contributed by atoms with Crippen LogP contribution in [0, 0.1) is 0 Å². The molecule has 2 fully saturated rings. The number of nitrogens with zero attached hydrogens (tertiary/aromatic N) is 2. The average Bonchev–Trinajstić information content (AvgIpc) is 2.94. The highest BCUT2D eigenvalue weighted by Gasteiger charge is 2.44. The Hall–Kier alpha value is -2.43. The highest BCUT2D eigenvalue weighted by atomic mass is 16.6. The van der Waals surface area contributed by atoms with Crippen LogP contribution in [0.15, 0.2) is 35.0 Å². The molecule has 9 N–H and O–H groups in total. The number of pyridine rings is 1. The van der Waals surface area contributed by atoms with Crippen LogP contribution in [0.1, 0.15) is 17.7 Å². The first-order valence-electron chi connectivity index (χ1n) is 12.9. The summed E-state index contributed by atoms with van der Waals surface area (Å²) in [6.07, 6.45) is -9.85. The van der Waals surface area contributed by atoms with Crippen LogP contribution in [-0.4, -0.2) is 120 Å². The SMILES string of the molecule is Cn1c2cc(=N[C@@H]3O[C@H](CO)[C@H](O)[C@H](O)[C@H]3O)ccc-2cc2c1C=C(N[C@@H]1O[C@H](CO)[C@H](O)[C@H](O)[C@H]1O)CC2. The first-order chi connectivity index (χ1) is 18.6. The lowest BCUT2D eigenvalue weighted by atomic mass is 9.94. The van der Waals surface area contributed by atoms with Crippen molar-refractivity contribution in [3.8, 4) is 11.3 Å². The predicted molar refractivity (Wildman–Crippen MR) is 135 cm³/mol. The van der Waals surface area contributed by atoms with Crippen molar-refractivity contribution < 1.29 is 50.3 Å². The summed E-state index contributed by atoms with van der Waals surface area (Å²) < 4.78 is 13.1. The minimum absolute atomic E-state index is 0.460. The molecule has 13 nitrogen and oxygen atoms in total. The number of fused-ring (bicyclic) bond motifs is 2. The Morgan fingerprint density at radius 3 is 2.21 bits per heavy atom. The van der Waals surface area contributed by atoms with Gasteiger partial charge in [0.05, 0.1) is 24.3 Å². The predicted octanol–water partition coefficient (Wildman–Crippen LogP) is -3.49. The van der Waals surface area contributed by atoms with Gasteiger partial charge in [-0.05, 0) is 48.2 Å². The maximum absolute atomic E-state index is 10.4. The Kier molecular flexibility index (Phi) is 8.08. The first-order valence-corrected chi connectivity index (χ1v) is 12.9. The molecule has 0 saturated carbocycles. The van der Waals surface area contributed by atoms with E-state index < -0.39 is 74.5 Å². The van der Waals surface area contributed by atoms with Crippen molar-refractivity contribution in [3.63, 3.8) is 0 Å². The van der Waals surface area contributed by atoms with Gasteiger partial charge in [-0.15, -0.1) is 0 Å². The van der Waals surface area contributed by atoms with Crippen LogP contribution < -0.4 is 10.7 Å². The van der Waals surface area contributed by atoms with Gasteiger partial charge in [-0.3, -0.25) is 4.99 Å². The van der Waals surface area contributed by atoms with E-state index in [1.54, 1.807) is 12.1 Å². The molecule has 5 aliphatic rings. The number of ether oxygens (including phenoxy) is 2. The Balaban J connectivity index is 1.44. The maximum atomic E-state index is 10.4. The molecule has 0 aromatic heterocycles. The average molecular weight is 550 g/mol. The Bertz CT molecular complexity index is 1250. The number of hydrogen-bond donors (Lipinski definition) is 9. The lowest BCUT2D eigenvalue weighted by Gasteiger charge is -2.41. The van der Waals surface area contributed by atoms with E-state index in [1.165, 1.54) is 0 Å². The third-order valence-electron chi connectivity index (χ3n) is 7.73. The van der Waals surface area contributed by atoms with Crippen LogP contribution in [0.25, 0.3) is 17.3 Å². The summed E-state index contributed by atoms with van der Waals surface area (Å²) in [5, 5.41) is 83.4. The normalized spacial score (nSPS) is 37.5. The molecule has 39 heavy (non-hydrogen) atoms. The van der Waals surface area contributed by atoms with Crippen molar-refractivity contribution in [2.24, 2.45) is 12.0 Å². The molecule has 214 valence electrons. The van der Waals surface area contributed by atoms with E-state index in [9.17, 15) is 40.9 Å². The van der Waals surface area contributed by atoms with Gasteiger partial charge in [0.1, 0.15) is 48.8 Å². The molecule has 13 heteroatoms. The summed E-state index contributed by atoms with van der Waals surface area (Å²) >= 11 is 0. The quantitative estimate of drug-likeness (QED) is 0.179. The van der Waals surface area contributed by atoms with Crippen molar-refractivity contribution in [1.29, 1.82) is 0 Å². The zero-order valence-corrected chi connectivity index (χ0v) is 21.3.